The Morgan fingerprint density at radius 1 is 0.640 bits per heavy atom. The van der Waals surface area contributed by atoms with Gasteiger partial charge in [-0.2, -0.15) is 35.3 Å². The van der Waals surface area contributed by atoms with E-state index in [4.69, 9.17) is 44.3 Å². The first-order valence-corrected chi connectivity index (χ1v) is 51.6. The maximum Gasteiger partial charge on any atom is 0.405 e. The number of nitrogens with zero attached hydrogens (tertiary/aromatic N) is 9. The third kappa shape index (κ3) is 25.0. The summed E-state index contributed by atoms with van der Waals surface area (Å²) >= 11 is 7.56. The normalized spacial score (nSPS) is 28.4. The van der Waals surface area contributed by atoms with E-state index in [2.05, 4.69) is 150 Å². The molecule has 11 aliphatic rings. The van der Waals surface area contributed by atoms with E-state index >= 15 is 0 Å². The number of fused-ring (bicyclic) bond motifs is 6. The van der Waals surface area contributed by atoms with E-state index in [1.165, 1.54) is 60.3 Å². The van der Waals surface area contributed by atoms with Crippen molar-refractivity contribution >= 4 is 131 Å². The summed E-state index contributed by atoms with van der Waals surface area (Å²) in [6.07, 6.45) is 12.5. The molecule has 2 aromatic rings. The molecule has 1 unspecified atom stereocenters. The van der Waals surface area contributed by atoms with Gasteiger partial charge in [0.25, 0.3) is 14.2 Å². The van der Waals surface area contributed by atoms with Crippen molar-refractivity contribution in [2.45, 2.75) is 221 Å². The number of primary amides is 1. The van der Waals surface area contributed by atoms with Gasteiger partial charge in [0.1, 0.15) is 6.10 Å². The number of nitrogens with two attached hydrogens (primary N) is 1. The van der Waals surface area contributed by atoms with E-state index in [1.54, 1.807) is 26.0 Å². The number of ether oxygens (including phenoxy) is 3. The zero-order chi connectivity index (χ0) is 88.3. The quantitative estimate of drug-likeness (QED) is 0.0125. The lowest BCUT2D eigenvalue weighted by atomic mass is 9.85. The molecule has 682 valence electrons. The van der Waals surface area contributed by atoms with E-state index in [0.29, 0.717) is 61.0 Å². The molecule has 0 aromatic heterocycles. The fraction of sp³-hybridized carbons (Fsp3) is 0.637. The van der Waals surface area contributed by atoms with Gasteiger partial charge < -0.3 is 86.3 Å². The van der Waals surface area contributed by atoms with Crippen LogP contribution in [0, 0.1) is 11.8 Å². The summed E-state index contributed by atoms with van der Waals surface area (Å²) in [5.74, 6) is 7.62. The molecule has 0 saturated carbocycles. The molecule has 2 bridgehead atoms. The zero-order valence-electron chi connectivity index (χ0n) is 74.3. The van der Waals surface area contributed by atoms with E-state index < -0.39 is 67.5 Å². The third-order valence-electron chi connectivity index (χ3n) is 25.7. The molecular weight excluding hydrogens is 1680 g/mol. The van der Waals surface area contributed by atoms with Crippen LogP contribution in [0.2, 0.25) is 5.04 Å². The first-order chi connectivity index (χ1) is 60.3. The van der Waals surface area contributed by atoms with Crippen LogP contribution in [-0.4, -0.2) is 314 Å². The molecule has 5 saturated heterocycles. The molecule has 2 aromatic carbocycles. The van der Waals surface area contributed by atoms with Gasteiger partial charge in [0.2, 0.25) is 29.3 Å². The van der Waals surface area contributed by atoms with Crippen molar-refractivity contribution in [1.82, 2.24) is 61.7 Å². The molecule has 10 heterocycles. The van der Waals surface area contributed by atoms with E-state index in [0.717, 1.165) is 168 Å². The number of likely N-dealkylation sites (tertiary alicyclic amines) is 1. The summed E-state index contributed by atoms with van der Waals surface area (Å²) in [4.78, 5) is 126. The first-order valence-electron chi connectivity index (χ1n) is 45.2. The van der Waals surface area contributed by atoms with Crippen molar-refractivity contribution in [3.05, 3.63) is 119 Å². The van der Waals surface area contributed by atoms with Crippen LogP contribution in [0.1, 0.15) is 138 Å². The summed E-state index contributed by atoms with van der Waals surface area (Å²) in [7, 11) is 0.246. The largest absolute Gasteiger partial charge is 0.439 e. The monoisotopic (exact) mass is 1810 g/mol. The van der Waals surface area contributed by atoms with Crippen LogP contribution < -0.4 is 53.3 Å². The predicted molar refractivity (Wildman–Crippen MR) is 503 cm³/mol. The number of imide groups is 1. The van der Waals surface area contributed by atoms with Crippen LogP contribution in [0.4, 0.5) is 4.79 Å². The zero-order valence-corrected chi connectivity index (χ0v) is 78.6. The third-order valence-corrected chi connectivity index (χ3v) is 35.9. The average molecular weight is 1810 g/mol. The number of aliphatic hydroxyl groups excluding tert-OH is 1. The molecule has 10 N–H and O–H groups in total. The van der Waals surface area contributed by atoms with Crippen molar-refractivity contribution in [2.75, 3.05) is 133 Å². The highest BCUT2D eigenvalue weighted by molar-refractivity contribution is 8.00. The van der Waals surface area contributed by atoms with Crippen LogP contribution in [0.3, 0.4) is 0 Å². The van der Waals surface area contributed by atoms with Crippen LogP contribution in [0.15, 0.2) is 139 Å². The highest BCUT2D eigenvalue weighted by Crippen LogP contribution is 2.39. The van der Waals surface area contributed by atoms with E-state index in [9.17, 15) is 38.7 Å². The van der Waals surface area contributed by atoms with Gasteiger partial charge in [-0.25, -0.2) is 24.8 Å². The lowest BCUT2D eigenvalue weighted by Crippen LogP contribution is -2.67. The molecule has 5 fully saturated rings. The average Bonchev–Trinajstić information content (AvgIpc) is 1.16. The van der Waals surface area contributed by atoms with E-state index in [1.807, 2.05) is 30.4 Å². The Morgan fingerprint density at radius 3 is 1.66 bits per heavy atom. The van der Waals surface area contributed by atoms with Crippen molar-refractivity contribution in [3.63, 3.8) is 0 Å². The smallest absolute Gasteiger partial charge is 0.405 e. The summed E-state index contributed by atoms with van der Waals surface area (Å²) < 4.78 is 24.3. The molecule has 5 amide bonds. The van der Waals surface area contributed by atoms with Crippen molar-refractivity contribution < 1.29 is 57.3 Å². The molecule has 13 rings (SSSR count). The summed E-state index contributed by atoms with van der Waals surface area (Å²) in [6, 6.07) is 24.0. The maximum atomic E-state index is 14.3. The van der Waals surface area contributed by atoms with Gasteiger partial charge in [0, 0.05) is 187 Å². The highest BCUT2D eigenvalue weighted by Gasteiger charge is 2.51. The number of ketones is 2. The second kappa shape index (κ2) is 44.9. The number of guanidine groups is 4. The number of benzene rings is 2. The summed E-state index contributed by atoms with van der Waals surface area (Å²) in [5, 5.41) is 37.7. The molecule has 10 aliphatic heterocycles. The number of Topliss-reactive ketones (excluding diaryl/α,β-unsaturated/α-hetero) is 1. The standard InChI is InChI=1S/C91H133N17O12S4Si/c1-58-45-72-80(74(109)48-73(82(72)113)103-84(114)59(2)19-16-24-75(117-8)83(120-86(92)116)61(4)47-60(3)81(112)76(46-58)118-9)94-35-18-34-93-78(110)25-17-36-108-79(111)49-77(85(108)115)124-57-69-33-44-107-43-32-68(101-90(107)102-69)56-123-55-67-31-42-106-41-30-66(99-89(106)100-67)54-122-53-65-29-40-105-39-28-64(97-88(105)98-65)52-121-51-63-27-38-104-37-26-62(95-87(104)96-63)50-119-125(91(5,6)7,70-20-12-10-13-21-70)71-22-14-11-15-23-71/h10-16,19-24,47-48,58,60,62-69,75-77,81,83,94,112H,17-18,25-46,49-57H2,1-9H3,(H2,92,116)(H,93,110)(H,95,96)(H,97,98)(H,99,100)(H,101,102)(H,103,114)/t58-,60+,62-,63-,64-,65-,66-,67-,68-,69-,75+,76+,77?,81-,83+/m1/s1. The minimum atomic E-state index is -2.65. The van der Waals surface area contributed by atoms with Gasteiger partial charge in [-0.05, 0) is 118 Å². The fourth-order valence-electron chi connectivity index (χ4n) is 18.6. The van der Waals surface area contributed by atoms with Gasteiger partial charge in [-0.1, -0.05) is 120 Å². The Labute approximate surface area is 756 Å². The number of amides is 5. The van der Waals surface area contributed by atoms with Crippen LogP contribution in [-0.2, 0) is 47.4 Å². The number of hydrogen-bond donors (Lipinski definition) is 9. The number of nitrogens with one attached hydrogen (secondary N) is 7. The molecular formula is C91H133N17O12S4Si. The Kier molecular flexibility index (Phi) is 34.1. The minimum absolute atomic E-state index is 0.0123. The second-order valence-corrected chi connectivity index (χ2v) is 45.0. The van der Waals surface area contributed by atoms with Crippen LogP contribution in [0.25, 0.3) is 0 Å². The van der Waals surface area contributed by atoms with Crippen LogP contribution in [0.5, 0.6) is 0 Å². The summed E-state index contributed by atoms with van der Waals surface area (Å²) in [6.45, 7) is 23.2. The van der Waals surface area contributed by atoms with Crippen molar-refractivity contribution in [2.24, 2.45) is 37.5 Å². The maximum absolute atomic E-state index is 14.3. The van der Waals surface area contributed by atoms with E-state index in [-0.39, 0.29) is 115 Å². The molecule has 0 radical (unpaired) electrons. The number of aliphatic hydroxyl groups is 1. The van der Waals surface area contributed by atoms with Crippen molar-refractivity contribution in [1.29, 1.82) is 0 Å². The number of thioether (sulfide) groups is 4. The number of methoxy groups -OCH3 is 2. The fourth-order valence-corrected chi connectivity index (χ4v) is 28.0. The topological polar surface area (TPSA) is 353 Å². The number of aliphatic imine (C=N–C) groups is 4. The second-order valence-electron chi connectivity index (χ2n) is 36.2. The lowest BCUT2D eigenvalue weighted by molar-refractivity contribution is -0.138. The Morgan fingerprint density at radius 2 is 1.14 bits per heavy atom. The molecule has 125 heavy (non-hydrogen) atoms. The molecule has 34 heteroatoms. The molecule has 0 spiro atoms. The van der Waals surface area contributed by atoms with Crippen LogP contribution >= 0.6 is 47.0 Å². The Balaban J connectivity index is 0.492. The number of rotatable bonds is 32. The molecule has 15 atom stereocenters. The van der Waals surface area contributed by atoms with Gasteiger partial charge in [0.15, 0.2) is 29.9 Å². The SMILES string of the molecule is CO[C@H]1C=CC=C(C)C(=O)NC2=CC(=O)C(NCCCNC(=O)CCCN3C(=O)CC(SC[C@H]4CCN5CC[C@H](CSC[C@H]6CCN7CC[C@H](CSC[C@H]8CCN9CC[C@H](CSC[C@H]%10CCN%11CC[C@H](CO[Si](c%12ccccc%12)(c%12ccccc%12)C(C)(C)C)N=C%11N%10)N=C9N8)NC7=N6)NC5=N4)C3=O)=C(C[C@@H](C)C[C@H](OC)[C@H](O)[C@@H](C)C=C(C)[C@@H]1OC(N)=O)C2=O. The number of hydrogen-bond acceptors (Lipinski definition) is 29. The Bertz CT molecular complexity index is 4360. The molecule has 1 aliphatic carbocycles. The first kappa shape index (κ1) is 94.8. The Hall–Kier alpha value is -7.83. The summed E-state index contributed by atoms with van der Waals surface area (Å²) in [5.41, 5.74) is 6.23. The van der Waals surface area contributed by atoms with Crippen molar-refractivity contribution in [3.8, 4) is 0 Å². The number of allylic oxidation sites excluding steroid dienone is 4. The predicted octanol–water partition coefficient (Wildman–Crippen LogP) is 6.44. The van der Waals surface area contributed by atoms with Gasteiger partial charge >= 0.3 is 6.09 Å². The van der Waals surface area contributed by atoms with Gasteiger partial charge in [0.05, 0.1) is 59.6 Å². The van der Waals surface area contributed by atoms with Gasteiger partial charge in [-0.3, -0.25) is 33.7 Å². The minimum Gasteiger partial charge on any atom is -0.439 e. The lowest BCUT2D eigenvalue weighted by Gasteiger charge is -2.44. The molecule has 29 nitrogen and oxygen atoms in total. The van der Waals surface area contributed by atoms with Gasteiger partial charge in [-0.15, -0.1) is 11.8 Å². The highest BCUT2D eigenvalue weighted by atomic mass is 32.2. The number of carbonyl (C=O) groups is 7. The number of carbonyl (C=O) groups excluding carboxylic acids is 7.